The van der Waals surface area contributed by atoms with Gasteiger partial charge in [0.15, 0.2) is 5.13 Å². The Morgan fingerprint density at radius 2 is 1.78 bits per heavy atom. The number of aromatic nitrogens is 2. The number of rotatable bonds is 6. The predicted octanol–water partition coefficient (Wildman–Crippen LogP) is 5.08. The molecule has 192 valence electrons. The van der Waals surface area contributed by atoms with E-state index >= 15 is 0 Å². The Morgan fingerprint density at radius 3 is 2.49 bits per heavy atom. The highest BCUT2D eigenvalue weighted by atomic mass is 32.2. The molecule has 2 aromatic carbocycles. The summed E-state index contributed by atoms with van der Waals surface area (Å²) >= 11 is 1.46. The fraction of sp³-hybridized carbons (Fsp3) is 0.296. The average molecular weight is 539 g/mol. The molecule has 10 heteroatoms. The van der Waals surface area contributed by atoms with Gasteiger partial charge in [0.1, 0.15) is 10.7 Å². The van der Waals surface area contributed by atoms with Gasteiger partial charge in [-0.05, 0) is 74.2 Å². The van der Waals surface area contributed by atoms with Crippen molar-refractivity contribution in [1.82, 2.24) is 14.3 Å². The van der Waals surface area contributed by atoms with Crippen molar-refractivity contribution in [1.29, 1.82) is 0 Å². The number of hydrogen-bond donors (Lipinski definition) is 0. The van der Waals surface area contributed by atoms with Gasteiger partial charge in [-0.25, -0.2) is 17.8 Å². The molecule has 0 N–H and O–H groups in total. The lowest BCUT2D eigenvalue weighted by Crippen LogP contribution is -2.44. The number of fused-ring (bicyclic) bond motifs is 1. The van der Waals surface area contributed by atoms with E-state index < -0.39 is 15.8 Å². The molecule has 0 spiro atoms. The van der Waals surface area contributed by atoms with Crippen molar-refractivity contribution >= 4 is 42.6 Å². The summed E-state index contributed by atoms with van der Waals surface area (Å²) < 4.78 is 42.5. The molecule has 1 aliphatic rings. The summed E-state index contributed by atoms with van der Waals surface area (Å²) in [5.41, 5.74) is 3.87. The first kappa shape index (κ1) is 25.4. The zero-order valence-corrected chi connectivity index (χ0v) is 22.2. The summed E-state index contributed by atoms with van der Waals surface area (Å²) in [5, 5.41) is 0.595. The Labute approximate surface area is 219 Å². The number of halogens is 1. The van der Waals surface area contributed by atoms with Crippen molar-refractivity contribution < 1.29 is 17.6 Å². The molecule has 0 saturated carbocycles. The number of pyridine rings is 1. The van der Waals surface area contributed by atoms with Crippen LogP contribution in [0, 0.1) is 25.6 Å². The third-order valence-electron chi connectivity index (χ3n) is 6.79. The van der Waals surface area contributed by atoms with Gasteiger partial charge in [-0.2, -0.15) is 4.31 Å². The van der Waals surface area contributed by atoms with Crippen LogP contribution in [0.15, 0.2) is 65.7 Å². The monoisotopic (exact) mass is 538 g/mol. The summed E-state index contributed by atoms with van der Waals surface area (Å²) in [4.78, 5) is 24.3. The number of hydrogen-bond acceptors (Lipinski definition) is 6. The van der Waals surface area contributed by atoms with Crippen LogP contribution < -0.4 is 4.90 Å². The highest BCUT2D eigenvalue weighted by molar-refractivity contribution is 7.89. The van der Waals surface area contributed by atoms with Crippen molar-refractivity contribution in [3.8, 4) is 0 Å². The van der Waals surface area contributed by atoms with Crippen LogP contribution in [0.4, 0.5) is 9.52 Å². The number of piperidine rings is 1. The SMILES string of the molecule is Cc1cc2nc(N(Cc3ccccn3)C(=O)C3CCN(S(=O)(=O)c4ccccc4F)CC3)sc2cc1C. The third kappa shape index (κ3) is 5.14. The molecule has 2 aromatic heterocycles. The lowest BCUT2D eigenvalue weighted by molar-refractivity contribution is -0.123. The molecule has 0 aliphatic carbocycles. The number of nitrogens with zero attached hydrogens (tertiary/aromatic N) is 4. The van der Waals surface area contributed by atoms with Gasteiger partial charge in [0.25, 0.3) is 0 Å². The summed E-state index contributed by atoms with van der Waals surface area (Å²) in [5.74, 6) is -1.27. The maximum absolute atomic E-state index is 14.2. The van der Waals surface area contributed by atoms with Crippen molar-refractivity contribution in [2.24, 2.45) is 5.92 Å². The van der Waals surface area contributed by atoms with E-state index in [2.05, 4.69) is 11.1 Å². The van der Waals surface area contributed by atoms with Gasteiger partial charge < -0.3 is 0 Å². The second kappa shape index (κ2) is 10.3. The van der Waals surface area contributed by atoms with Crippen LogP contribution in [-0.2, 0) is 21.4 Å². The number of thiazole rings is 1. The fourth-order valence-corrected chi connectivity index (χ4v) is 7.12. The highest BCUT2D eigenvalue weighted by Crippen LogP contribution is 2.34. The van der Waals surface area contributed by atoms with Crippen LogP contribution in [0.2, 0.25) is 0 Å². The zero-order chi connectivity index (χ0) is 26.2. The molecule has 1 saturated heterocycles. The van der Waals surface area contributed by atoms with Gasteiger partial charge in [-0.15, -0.1) is 0 Å². The molecule has 0 bridgehead atoms. The molecule has 37 heavy (non-hydrogen) atoms. The molecule has 0 unspecified atom stereocenters. The van der Waals surface area contributed by atoms with Gasteiger partial charge in [-0.3, -0.25) is 14.7 Å². The van der Waals surface area contributed by atoms with E-state index in [1.165, 1.54) is 33.8 Å². The lowest BCUT2D eigenvalue weighted by Gasteiger charge is -2.33. The average Bonchev–Trinajstić information content (AvgIpc) is 3.30. The molecular formula is C27H27FN4O3S2. The minimum atomic E-state index is -3.98. The van der Waals surface area contributed by atoms with Crippen molar-refractivity contribution in [2.75, 3.05) is 18.0 Å². The number of sulfonamides is 1. The predicted molar refractivity (Wildman–Crippen MR) is 142 cm³/mol. The minimum absolute atomic E-state index is 0.110. The Bertz CT molecular complexity index is 1510. The van der Waals surface area contributed by atoms with Crippen LogP contribution in [0.1, 0.15) is 29.7 Å². The van der Waals surface area contributed by atoms with Gasteiger partial charge in [0.2, 0.25) is 15.9 Å². The molecule has 4 aromatic rings. The van der Waals surface area contributed by atoms with E-state index in [1.54, 1.807) is 11.1 Å². The first-order valence-corrected chi connectivity index (χ1v) is 14.3. The second-order valence-electron chi connectivity index (χ2n) is 9.25. The standard InChI is InChI=1S/C27H27FN4O3S2/c1-18-15-23-24(16-19(18)2)36-27(30-23)32(17-21-7-5-6-12-29-21)26(33)20-10-13-31(14-11-20)37(34,35)25-9-4-3-8-22(25)28/h3-9,12,15-16,20H,10-11,13-14,17H2,1-2H3. The van der Waals surface area contributed by atoms with Crippen molar-refractivity contribution in [3.63, 3.8) is 0 Å². The number of benzene rings is 2. The van der Waals surface area contributed by atoms with Gasteiger partial charge in [0.05, 0.1) is 22.5 Å². The smallest absolute Gasteiger partial charge is 0.245 e. The Kier molecular flexibility index (Phi) is 7.06. The third-order valence-corrected chi connectivity index (χ3v) is 9.77. The molecule has 0 atom stereocenters. The van der Waals surface area contributed by atoms with E-state index in [9.17, 15) is 17.6 Å². The summed E-state index contributed by atoms with van der Waals surface area (Å²) in [7, 11) is -3.98. The lowest BCUT2D eigenvalue weighted by atomic mass is 9.96. The van der Waals surface area contributed by atoms with E-state index in [4.69, 9.17) is 4.98 Å². The quantitative estimate of drug-likeness (QED) is 0.342. The van der Waals surface area contributed by atoms with Crippen molar-refractivity contribution in [3.05, 3.63) is 83.4 Å². The molecule has 5 rings (SSSR count). The van der Waals surface area contributed by atoms with Crippen LogP contribution in [0.5, 0.6) is 0 Å². The fourth-order valence-electron chi connectivity index (χ4n) is 4.53. The zero-order valence-electron chi connectivity index (χ0n) is 20.6. The molecule has 1 amide bonds. The van der Waals surface area contributed by atoms with Gasteiger partial charge >= 0.3 is 0 Å². The molecule has 0 radical (unpaired) electrons. The summed E-state index contributed by atoms with van der Waals surface area (Å²) in [6, 6.07) is 15.1. The minimum Gasteiger partial charge on any atom is -0.282 e. The van der Waals surface area contributed by atoms with Crippen LogP contribution in [-0.4, -0.2) is 41.7 Å². The topological polar surface area (TPSA) is 83.5 Å². The maximum Gasteiger partial charge on any atom is 0.245 e. The molecular weight excluding hydrogens is 511 g/mol. The van der Waals surface area contributed by atoms with E-state index in [0.29, 0.717) is 18.0 Å². The van der Waals surface area contributed by atoms with E-state index in [1.807, 2.05) is 38.1 Å². The molecule has 1 aliphatic heterocycles. The summed E-state index contributed by atoms with van der Waals surface area (Å²) in [6.07, 6.45) is 2.37. The number of amides is 1. The van der Waals surface area contributed by atoms with Crippen LogP contribution in [0.25, 0.3) is 10.2 Å². The molecule has 7 nitrogen and oxygen atoms in total. The van der Waals surface area contributed by atoms with Crippen molar-refractivity contribution in [2.45, 2.75) is 38.1 Å². The van der Waals surface area contributed by atoms with Crippen LogP contribution >= 0.6 is 11.3 Å². The van der Waals surface area contributed by atoms with E-state index in [0.717, 1.165) is 33.1 Å². The number of carbonyl (C=O) groups is 1. The molecule has 1 fully saturated rings. The van der Waals surface area contributed by atoms with Gasteiger partial charge in [-0.1, -0.05) is 29.5 Å². The molecule has 3 heterocycles. The normalized spacial score (nSPS) is 15.2. The number of aryl methyl sites for hydroxylation is 2. The summed E-state index contributed by atoms with van der Waals surface area (Å²) in [6.45, 7) is 4.64. The Balaban J connectivity index is 1.39. The number of anilines is 1. The number of carbonyl (C=O) groups excluding carboxylic acids is 1. The highest BCUT2D eigenvalue weighted by Gasteiger charge is 2.36. The van der Waals surface area contributed by atoms with Gasteiger partial charge in [0, 0.05) is 25.2 Å². The van der Waals surface area contributed by atoms with E-state index in [-0.39, 0.29) is 36.4 Å². The Hall–Kier alpha value is -3.21. The largest absolute Gasteiger partial charge is 0.282 e. The second-order valence-corrected chi connectivity index (χ2v) is 12.2. The maximum atomic E-state index is 14.2. The first-order valence-electron chi connectivity index (χ1n) is 12.1. The Morgan fingerprint density at radius 1 is 1.08 bits per heavy atom. The first-order chi connectivity index (χ1) is 17.7. The van der Waals surface area contributed by atoms with Crippen LogP contribution in [0.3, 0.4) is 0 Å².